The molecule has 0 saturated heterocycles. The second-order valence-corrected chi connectivity index (χ2v) is 4.68. The van der Waals surface area contributed by atoms with Crippen molar-refractivity contribution in [2.45, 2.75) is 25.1 Å². The Bertz CT molecular complexity index is 526. The van der Waals surface area contributed by atoms with Crippen LogP contribution in [0.1, 0.15) is 30.1 Å². The topological polar surface area (TPSA) is 72.2 Å². The van der Waals surface area contributed by atoms with Crippen LogP contribution in [0.15, 0.2) is 12.1 Å². The fraction of sp³-hybridized carbons (Fsp3) is 0.417. The molecule has 0 heterocycles. The average molecular weight is 307 g/mol. The molecule has 0 aliphatic heterocycles. The van der Waals surface area contributed by atoms with E-state index in [1.807, 2.05) is 6.92 Å². The Morgan fingerprint density at radius 1 is 1.50 bits per heavy atom. The number of rotatable bonds is 6. The zero-order valence-corrected chi connectivity index (χ0v) is 11.4. The molecule has 1 N–H and O–H groups in total. The number of amides is 1. The molecule has 110 valence electrons. The van der Waals surface area contributed by atoms with E-state index in [0.29, 0.717) is 25.0 Å². The van der Waals surface area contributed by atoms with Crippen molar-refractivity contribution in [1.82, 2.24) is 5.32 Å². The van der Waals surface area contributed by atoms with Crippen molar-refractivity contribution in [2.75, 3.05) is 6.54 Å². The summed E-state index contributed by atoms with van der Waals surface area (Å²) in [5.74, 6) is -3.67. The lowest BCUT2D eigenvalue weighted by atomic mass is 10.1. The molecule has 0 aliphatic carbocycles. The summed E-state index contributed by atoms with van der Waals surface area (Å²) in [7, 11) is 0. The Morgan fingerprint density at radius 2 is 2.15 bits per heavy atom. The third kappa shape index (κ3) is 3.86. The highest BCUT2D eigenvalue weighted by atomic mass is 35.5. The number of nitrogens with zero attached hydrogens (tertiary/aromatic N) is 1. The zero-order chi connectivity index (χ0) is 15.3. The van der Waals surface area contributed by atoms with E-state index in [1.165, 1.54) is 0 Å². The third-order valence-electron chi connectivity index (χ3n) is 2.68. The van der Waals surface area contributed by atoms with Gasteiger partial charge in [-0.05, 0) is 18.9 Å². The molecule has 5 nitrogen and oxygen atoms in total. The van der Waals surface area contributed by atoms with Crippen LogP contribution in [0.4, 0.5) is 14.5 Å². The second-order valence-electron chi connectivity index (χ2n) is 4.06. The van der Waals surface area contributed by atoms with E-state index in [4.69, 9.17) is 11.6 Å². The normalized spacial score (nSPS) is 12.0. The van der Waals surface area contributed by atoms with Crippen LogP contribution < -0.4 is 5.32 Å². The van der Waals surface area contributed by atoms with Gasteiger partial charge in [0, 0.05) is 18.0 Å². The van der Waals surface area contributed by atoms with Crippen LogP contribution in [0, 0.1) is 21.7 Å². The van der Waals surface area contributed by atoms with Crippen LogP contribution in [0.25, 0.3) is 0 Å². The van der Waals surface area contributed by atoms with Crippen molar-refractivity contribution in [3.8, 4) is 0 Å². The van der Waals surface area contributed by atoms with E-state index in [0.717, 1.165) is 0 Å². The van der Waals surface area contributed by atoms with Crippen molar-refractivity contribution >= 4 is 23.2 Å². The highest BCUT2D eigenvalue weighted by molar-refractivity contribution is 6.20. The van der Waals surface area contributed by atoms with E-state index in [1.54, 1.807) is 0 Å². The number of nitro groups is 1. The molecule has 1 amide bonds. The Morgan fingerprint density at radius 3 is 2.70 bits per heavy atom. The maximum absolute atomic E-state index is 13.7. The summed E-state index contributed by atoms with van der Waals surface area (Å²) < 4.78 is 27.2. The van der Waals surface area contributed by atoms with Crippen molar-refractivity contribution in [3.63, 3.8) is 0 Å². The number of hydrogen-bond acceptors (Lipinski definition) is 3. The van der Waals surface area contributed by atoms with Crippen LogP contribution in [0.5, 0.6) is 0 Å². The quantitative estimate of drug-likeness (QED) is 0.499. The number of alkyl halides is 1. The lowest BCUT2D eigenvalue weighted by Crippen LogP contribution is -2.28. The fourth-order valence-corrected chi connectivity index (χ4v) is 1.63. The monoisotopic (exact) mass is 306 g/mol. The maximum Gasteiger partial charge on any atom is 0.305 e. The SMILES string of the molecule is CCC(Cl)CCNC(=O)c1c(F)ccc([N+](=O)[O-])c1F. The Kier molecular flexibility index (Phi) is 5.82. The van der Waals surface area contributed by atoms with Gasteiger partial charge in [0.2, 0.25) is 5.82 Å². The number of carbonyl (C=O) groups excluding carboxylic acids is 1. The van der Waals surface area contributed by atoms with Crippen LogP contribution in [0.3, 0.4) is 0 Å². The minimum Gasteiger partial charge on any atom is -0.352 e. The first kappa shape index (κ1) is 16.3. The smallest absolute Gasteiger partial charge is 0.305 e. The highest BCUT2D eigenvalue weighted by Gasteiger charge is 2.25. The minimum absolute atomic E-state index is 0.127. The molecule has 1 rings (SSSR count). The van der Waals surface area contributed by atoms with Gasteiger partial charge in [-0.25, -0.2) is 4.39 Å². The molecule has 1 unspecified atom stereocenters. The summed E-state index contributed by atoms with van der Waals surface area (Å²) >= 11 is 5.84. The average Bonchev–Trinajstić information content (AvgIpc) is 2.38. The van der Waals surface area contributed by atoms with E-state index in [9.17, 15) is 23.7 Å². The summed E-state index contributed by atoms with van der Waals surface area (Å²) in [6.45, 7) is 1.99. The van der Waals surface area contributed by atoms with Crippen LogP contribution in [-0.4, -0.2) is 22.8 Å². The Hall–Kier alpha value is -1.76. The number of carbonyl (C=O) groups is 1. The van der Waals surface area contributed by atoms with Gasteiger partial charge in [-0.15, -0.1) is 11.6 Å². The van der Waals surface area contributed by atoms with Gasteiger partial charge in [0.25, 0.3) is 5.91 Å². The first-order valence-electron chi connectivity index (χ1n) is 5.93. The Balaban J connectivity index is 2.87. The molecular weight excluding hydrogens is 294 g/mol. The van der Waals surface area contributed by atoms with Crippen molar-refractivity contribution < 1.29 is 18.5 Å². The van der Waals surface area contributed by atoms with Gasteiger partial charge < -0.3 is 5.32 Å². The number of halogens is 3. The van der Waals surface area contributed by atoms with Gasteiger partial charge in [-0.1, -0.05) is 6.92 Å². The molecule has 0 aromatic heterocycles. The van der Waals surface area contributed by atoms with E-state index >= 15 is 0 Å². The highest BCUT2D eigenvalue weighted by Crippen LogP contribution is 2.22. The fourth-order valence-electron chi connectivity index (χ4n) is 1.53. The van der Waals surface area contributed by atoms with Crippen molar-refractivity contribution in [1.29, 1.82) is 0 Å². The lowest BCUT2D eigenvalue weighted by Gasteiger charge is -2.09. The molecule has 0 aliphatic rings. The molecule has 20 heavy (non-hydrogen) atoms. The lowest BCUT2D eigenvalue weighted by molar-refractivity contribution is -0.387. The van der Waals surface area contributed by atoms with Gasteiger partial charge in [0.05, 0.1) is 4.92 Å². The zero-order valence-electron chi connectivity index (χ0n) is 10.7. The van der Waals surface area contributed by atoms with Crippen LogP contribution in [0.2, 0.25) is 0 Å². The Labute approximate surface area is 119 Å². The first-order valence-corrected chi connectivity index (χ1v) is 6.36. The predicted molar refractivity (Wildman–Crippen MR) is 69.9 cm³/mol. The number of benzene rings is 1. The molecule has 0 bridgehead atoms. The third-order valence-corrected chi connectivity index (χ3v) is 3.21. The molecular formula is C12H13ClF2N2O3. The number of nitrogens with one attached hydrogen (secondary N) is 1. The van der Waals surface area contributed by atoms with Gasteiger partial charge in [0.15, 0.2) is 0 Å². The van der Waals surface area contributed by atoms with Gasteiger partial charge in [-0.3, -0.25) is 14.9 Å². The molecule has 1 atom stereocenters. The molecule has 1 aromatic carbocycles. The summed E-state index contributed by atoms with van der Waals surface area (Å²) in [5.41, 5.74) is -1.90. The standard InChI is InChI=1S/C12H13ClF2N2O3/c1-2-7(13)5-6-16-12(18)10-8(14)3-4-9(11(10)15)17(19)20/h3-4,7H,2,5-6H2,1H3,(H,16,18). The molecule has 0 spiro atoms. The number of hydrogen-bond donors (Lipinski definition) is 1. The molecule has 0 radical (unpaired) electrons. The minimum atomic E-state index is -1.48. The van der Waals surface area contributed by atoms with Gasteiger partial charge in [-0.2, -0.15) is 4.39 Å². The molecule has 1 aromatic rings. The molecule has 0 fully saturated rings. The predicted octanol–water partition coefficient (Wildman–Crippen LogP) is 3.01. The van der Waals surface area contributed by atoms with E-state index in [2.05, 4.69) is 5.32 Å². The summed E-state index contributed by atoms with van der Waals surface area (Å²) in [6.07, 6.45) is 1.12. The van der Waals surface area contributed by atoms with Crippen LogP contribution in [-0.2, 0) is 0 Å². The molecule has 8 heteroatoms. The largest absolute Gasteiger partial charge is 0.352 e. The summed E-state index contributed by atoms with van der Waals surface area (Å²) in [4.78, 5) is 21.2. The van der Waals surface area contributed by atoms with Gasteiger partial charge >= 0.3 is 5.69 Å². The number of nitro benzene ring substituents is 1. The molecule has 0 saturated carbocycles. The van der Waals surface area contributed by atoms with Gasteiger partial charge in [0.1, 0.15) is 11.4 Å². The van der Waals surface area contributed by atoms with E-state index < -0.39 is 33.7 Å². The van der Waals surface area contributed by atoms with E-state index in [-0.39, 0.29) is 11.9 Å². The van der Waals surface area contributed by atoms with Crippen molar-refractivity contribution in [2.24, 2.45) is 0 Å². The summed E-state index contributed by atoms with van der Waals surface area (Å²) in [5, 5.41) is 12.7. The second kappa shape index (κ2) is 7.14. The van der Waals surface area contributed by atoms with Crippen LogP contribution >= 0.6 is 11.6 Å². The maximum atomic E-state index is 13.7. The summed E-state index contributed by atoms with van der Waals surface area (Å²) in [6, 6.07) is 1.36. The van der Waals surface area contributed by atoms with Crippen molar-refractivity contribution in [3.05, 3.63) is 39.4 Å². The first-order chi connectivity index (χ1) is 9.38.